The Morgan fingerprint density at radius 3 is 2.65 bits per heavy atom. The minimum atomic E-state index is -1.01. The molecule has 0 radical (unpaired) electrons. The summed E-state index contributed by atoms with van der Waals surface area (Å²) in [7, 11) is 0. The number of amides is 1. The number of hydrogen-bond donors (Lipinski definition) is 3. The van der Waals surface area contributed by atoms with Gasteiger partial charge < -0.3 is 15.7 Å². The second-order valence-corrected chi connectivity index (χ2v) is 5.05. The van der Waals surface area contributed by atoms with Crippen molar-refractivity contribution >= 4 is 17.6 Å². The summed E-state index contributed by atoms with van der Waals surface area (Å²) >= 11 is 0. The molecular weight excluding hydrogens is 256 g/mol. The smallest absolute Gasteiger partial charge is 0.337 e. The molecule has 108 valence electrons. The van der Waals surface area contributed by atoms with Crippen LogP contribution in [0.1, 0.15) is 35.7 Å². The van der Waals surface area contributed by atoms with Gasteiger partial charge in [0.25, 0.3) is 0 Å². The maximum absolute atomic E-state index is 12.2. The summed E-state index contributed by atoms with van der Waals surface area (Å²) < 4.78 is 0. The third-order valence-corrected chi connectivity index (χ3v) is 3.69. The topological polar surface area (TPSA) is 78.4 Å². The highest BCUT2D eigenvalue weighted by atomic mass is 16.4. The third-order valence-electron chi connectivity index (χ3n) is 3.69. The standard InChI is InChI=1S/C15H20N2O3/c1-2-10-3-4-13(12(9-10)15(19)20)17-14(18)11-5-7-16-8-6-11/h3-4,9,11,16H,2,5-8H2,1H3,(H,17,18)(H,19,20). The third kappa shape index (κ3) is 3.36. The fraction of sp³-hybridized carbons (Fsp3) is 0.467. The van der Waals surface area contributed by atoms with Crippen LogP contribution in [0, 0.1) is 5.92 Å². The second kappa shape index (κ2) is 6.52. The van der Waals surface area contributed by atoms with E-state index in [4.69, 9.17) is 0 Å². The normalized spacial score (nSPS) is 15.8. The number of nitrogens with one attached hydrogen (secondary N) is 2. The fourth-order valence-corrected chi connectivity index (χ4v) is 2.42. The van der Waals surface area contributed by atoms with Gasteiger partial charge in [-0.25, -0.2) is 4.79 Å². The summed E-state index contributed by atoms with van der Waals surface area (Å²) in [5.74, 6) is -1.14. The molecule has 1 saturated heterocycles. The molecule has 0 bridgehead atoms. The molecule has 1 fully saturated rings. The number of aryl methyl sites for hydroxylation is 1. The molecule has 0 atom stereocenters. The number of carboxylic acid groups (broad SMARTS) is 1. The Morgan fingerprint density at radius 2 is 2.05 bits per heavy atom. The number of piperidine rings is 1. The van der Waals surface area contributed by atoms with Gasteiger partial charge in [-0.15, -0.1) is 0 Å². The predicted octanol–water partition coefficient (Wildman–Crippen LogP) is 1.89. The zero-order chi connectivity index (χ0) is 14.5. The number of carboxylic acids is 1. The lowest BCUT2D eigenvalue weighted by Gasteiger charge is -2.22. The molecule has 1 heterocycles. The van der Waals surface area contributed by atoms with Crippen LogP contribution in [-0.2, 0) is 11.2 Å². The van der Waals surface area contributed by atoms with Gasteiger partial charge in [-0.1, -0.05) is 13.0 Å². The average molecular weight is 276 g/mol. The minimum absolute atomic E-state index is 0.0382. The lowest BCUT2D eigenvalue weighted by molar-refractivity contribution is -0.120. The lowest BCUT2D eigenvalue weighted by atomic mass is 9.97. The SMILES string of the molecule is CCc1ccc(NC(=O)C2CCNCC2)c(C(=O)O)c1. The predicted molar refractivity (Wildman–Crippen MR) is 77.0 cm³/mol. The maximum atomic E-state index is 12.2. The number of anilines is 1. The van der Waals surface area contributed by atoms with Gasteiger partial charge in [-0.3, -0.25) is 4.79 Å². The van der Waals surface area contributed by atoms with E-state index in [2.05, 4.69) is 10.6 Å². The van der Waals surface area contributed by atoms with E-state index in [0.717, 1.165) is 37.9 Å². The van der Waals surface area contributed by atoms with Gasteiger partial charge in [0, 0.05) is 5.92 Å². The zero-order valence-corrected chi connectivity index (χ0v) is 11.6. The van der Waals surface area contributed by atoms with E-state index < -0.39 is 5.97 Å². The highest BCUT2D eigenvalue weighted by Gasteiger charge is 2.22. The van der Waals surface area contributed by atoms with Gasteiger partial charge >= 0.3 is 5.97 Å². The van der Waals surface area contributed by atoms with Crippen molar-refractivity contribution in [1.29, 1.82) is 0 Å². The molecule has 1 aromatic carbocycles. The van der Waals surface area contributed by atoms with Crippen LogP contribution in [0.5, 0.6) is 0 Å². The summed E-state index contributed by atoms with van der Waals surface area (Å²) in [6, 6.07) is 5.16. The Hall–Kier alpha value is -1.88. The molecule has 1 aromatic rings. The number of hydrogen-bond acceptors (Lipinski definition) is 3. The summed E-state index contributed by atoms with van der Waals surface area (Å²) in [4.78, 5) is 23.5. The Labute approximate surface area is 118 Å². The van der Waals surface area contributed by atoms with Gasteiger partial charge in [0.2, 0.25) is 5.91 Å². The van der Waals surface area contributed by atoms with Crippen LogP contribution in [0.3, 0.4) is 0 Å². The molecule has 0 saturated carbocycles. The number of carbonyl (C=O) groups excluding carboxylic acids is 1. The highest BCUT2D eigenvalue weighted by molar-refractivity contribution is 6.01. The summed E-state index contributed by atoms with van der Waals surface area (Å²) in [5, 5.41) is 15.2. The molecule has 3 N–H and O–H groups in total. The molecule has 1 aliphatic heterocycles. The van der Waals surface area contributed by atoms with Gasteiger partial charge in [-0.05, 0) is 50.0 Å². The summed E-state index contributed by atoms with van der Waals surface area (Å²) in [6.45, 7) is 3.63. The van der Waals surface area contributed by atoms with Crippen LogP contribution >= 0.6 is 0 Å². The molecule has 0 unspecified atom stereocenters. The quantitative estimate of drug-likeness (QED) is 0.784. The monoisotopic (exact) mass is 276 g/mol. The number of rotatable bonds is 4. The van der Waals surface area contributed by atoms with Crippen LogP contribution in [0.15, 0.2) is 18.2 Å². The van der Waals surface area contributed by atoms with E-state index >= 15 is 0 Å². The molecule has 1 amide bonds. The van der Waals surface area contributed by atoms with Gasteiger partial charge in [-0.2, -0.15) is 0 Å². The molecular formula is C15H20N2O3. The van der Waals surface area contributed by atoms with E-state index in [1.54, 1.807) is 12.1 Å². The van der Waals surface area contributed by atoms with Crippen LogP contribution in [0.25, 0.3) is 0 Å². The van der Waals surface area contributed by atoms with E-state index in [1.807, 2.05) is 13.0 Å². The van der Waals surface area contributed by atoms with Crippen LogP contribution in [0.4, 0.5) is 5.69 Å². The van der Waals surface area contributed by atoms with Gasteiger partial charge in [0.05, 0.1) is 11.3 Å². The Bertz CT molecular complexity index is 508. The van der Waals surface area contributed by atoms with Crippen molar-refractivity contribution in [3.8, 4) is 0 Å². The Kier molecular flexibility index (Phi) is 4.74. The first-order chi connectivity index (χ1) is 9.61. The summed E-state index contributed by atoms with van der Waals surface area (Å²) in [6.07, 6.45) is 2.35. The summed E-state index contributed by atoms with van der Waals surface area (Å²) in [5.41, 5.74) is 1.49. The second-order valence-electron chi connectivity index (χ2n) is 5.05. The first-order valence-corrected chi connectivity index (χ1v) is 6.99. The molecule has 0 aliphatic carbocycles. The van der Waals surface area contributed by atoms with Crippen molar-refractivity contribution in [1.82, 2.24) is 5.32 Å². The number of aromatic carboxylic acids is 1. The lowest BCUT2D eigenvalue weighted by Crippen LogP contribution is -2.34. The maximum Gasteiger partial charge on any atom is 0.337 e. The Balaban J connectivity index is 2.15. The first-order valence-electron chi connectivity index (χ1n) is 6.99. The van der Waals surface area contributed by atoms with E-state index in [0.29, 0.717) is 5.69 Å². The van der Waals surface area contributed by atoms with Crippen molar-refractivity contribution in [3.63, 3.8) is 0 Å². The first kappa shape index (κ1) is 14.5. The molecule has 5 heteroatoms. The van der Waals surface area contributed by atoms with Crippen molar-refractivity contribution in [2.45, 2.75) is 26.2 Å². The van der Waals surface area contributed by atoms with E-state index in [-0.39, 0.29) is 17.4 Å². The van der Waals surface area contributed by atoms with Gasteiger partial charge in [0.15, 0.2) is 0 Å². The van der Waals surface area contributed by atoms with Crippen molar-refractivity contribution in [3.05, 3.63) is 29.3 Å². The molecule has 1 aliphatic rings. The molecule has 0 aromatic heterocycles. The van der Waals surface area contributed by atoms with Crippen molar-refractivity contribution < 1.29 is 14.7 Å². The Morgan fingerprint density at radius 1 is 1.35 bits per heavy atom. The zero-order valence-electron chi connectivity index (χ0n) is 11.6. The van der Waals surface area contributed by atoms with Crippen LogP contribution in [0.2, 0.25) is 0 Å². The fourth-order valence-electron chi connectivity index (χ4n) is 2.42. The number of benzene rings is 1. The molecule has 0 spiro atoms. The van der Waals surface area contributed by atoms with E-state index in [9.17, 15) is 14.7 Å². The van der Waals surface area contributed by atoms with Crippen molar-refractivity contribution in [2.75, 3.05) is 18.4 Å². The van der Waals surface area contributed by atoms with Crippen LogP contribution < -0.4 is 10.6 Å². The molecule has 20 heavy (non-hydrogen) atoms. The average Bonchev–Trinajstić information content (AvgIpc) is 2.48. The highest BCUT2D eigenvalue weighted by Crippen LogP contribution is 2.21. The molecule has 2 rings (SSSR count). The van der Waals surface area contributed by atoms with Crippen LogP contribution in [-0.4, -0.2) is 30.1 Å². The number of carbonyl (C=O) groups is 2. The van der Waals surface area contributed by atoms with Crippen molar-refractivity contribution in [2.24, 2.45) is 5.92 Å². The minimum Gasteiger partial charge on any atom is -0.478 e. The largest absolute Gasteiger partial charge is 0.478 e. The van der Waals surface area contributed by atoms with Gasteiger partial charge in [0.1, 0.15) is 0 Å². The molecule has 5 nitrogen and oxygen atoms in total. The van der Waals surface area contributed by atoms with E-state index in [1.165, 1.54) is 0 Å².